The van der Waals surface area contributed by atoms with E-state index in [4.69, 9.17) is 0 Å². The lowest BCUT2D eigenvalue weighted by Crippen LogP contribution is -2.42. The smallest absolute Gasteiger partial charge is 0.243 e. The van der Waals surface area contributed by atoms with Crippen molar-refractivity contribution in [3.8, 4) is 0 Å². The van der Waals surface area contributed by atoms with E-state index in [9.17, 15) is 9.90 Å². The molecule has 3 atom stereocenters. The van der Waals surface area contributed by atoms with E-state index in [1.807, 2.05) is 10.7 Å². The normalized spacial score (nSPS) is 23.8. The molecule has 0 radical (unpaired) electrons. The molecule has 0 spiro atoms. The van der Waals surface area contributed by atoms with E-state index < -0.39 is 0 Å². The highest BCUT2D eigenvalue weighted by atomic mass is 16.3. The van der Waals surface area contributed by atoms with Crippen molar-refractivity contribution in [2.24, 2.45) is 0 Å². The molecular weight excluding hydrogens is 402 g/mol. The molecule has 2 unspecified atom stereocenters. The molecule has 1 aliphatic heterocycles. The molecule has 2 fully saturated rings. The monoisotopic (exact) mass is 439 g/mol. The number of carbonyl (C=O) groups is 1. The van der Waals surface area contributed by atoms with Gasteiger partial charge in [0.2, 0.25) is 5.91 Å². The third-order valence-corrected chi connectivity index (χ3v) is 7.07. The van der Waals surface area contributed by atoms with Crippen LogP contribution in [-0.4, -0.2) is 51.9 Å². The van der Waals surface area contributed by atoms with E-state index in [2.05, 4.69) is 46.4 Å². The summed E-state index contributed by atoms with van der Waals surface area (Å²) in [6, 6.07) is 2.99. The lowest BCUT2D eigenvalue weighted by atomic mass is 9.90. The van der Waals surface area contributed by atoms with E-state index in [0.717, 1.165) is 62.7 Å². The number of aromatic nitrogens is 2. The van der Waals surface area contributed by atoms with Gasteiger partial charge in [-0.3, -0.25) is 4.79 Å². The van der Waals surface area contributed by atoms with Gasteiger partial charge >= 0.3 is 0 Å². The van der Waals surface area contributed by atoms with Crippen molar-refractivity contribution in [3.05, 3.63) is 36.7 Å². The first-order chi connectivity index (χ1) is 15.6. The number of pyridine rings is 1. The van der Waals surface area contributed by atoms with Crippen LogP contribution in [0.1, 0.15) is 63.9 Å². The van der Waals surface area contributed by atoms with Crippen LogP contribution in [0.4, 0.5) is 11.4 Å². The summed E-state index contributed by atoms with van der Waals surface area (Å²) >= 11 is 0. The van der Waals surface area contributed by atoms with Crippen LogP contribution < -0.4 is 15.5 Å². The van der Waals surface area contributed by atoms with Gasteiger partial charge in [-0.15, -0.1) is 0 Å². The second kappa shape index (κ2) is 10.4. The number of hydrogen-bond acceptors (Lipinski definition) is 5. The van der Waals surface area contributed by atoms with Crippen molar-refractivity contribution >= 4 is 22.8 Å². The standard InChI is InChI=1S/C25H37N5O2/c1-3-18-17-26-30-14-11-22(29-13-6-5-10-21(29)12-15-31)24(25(18)30)28-20-9-7-8-19(16-20)27-23(32)4-2/h4,11,14,17,19-21,28,31H,2-3,5-10,12-13,15-16H2,1H3,(H,27,32)/t19?,20?,21-/m0/s1. The van der Waals surface area contributed by atoms with Crippen molar-refractivity contribution in [1.82, 2.24) is 14.9 Å². The lowest BCUT2D eigenvalue weighted by molar-refractivity contribution is -0.117. The Labute approximate surface area is 190 Å². The highest BCUT2D eigenvalue weighted by Gasteiger charge is 2.29. The summed E-state index contributed by atoms with van der Waals surface area (Å²) in [6.07, 6.45) is 14.7. The molecule has 0 bridgehead atoms. The van der Waals surface area contributed by atoms with Crippen molar-refractivity contribution in [2.45, 2.75) is 82.8 Å². The van der Waals surface area contributed by atoms with Crippen LogP contribution in [0, 0.1) is 0 Å². The molecule has 1 saturated carbocycles. The van der Waals surface area contributed by atoms with Crippen LogP contribution in [-0.2, 0) is 11.2 Å². The number of amides is 1. The molecule has 3 N–H and O–H groups in total. The Balaban J connectivity index is 1.68. The van der Waals surface area contributed by atoms with Gasteiger partial charge in [0.25, 0.3) is 0 Å². The molecule has 1 saturated heterocycles. The fraction of sp³-hybridized carbons (Fsp3) is 0.600. The molecule has 3 heterocycles. The van der Waals surface area contributed by atoms with E-state index in [-0.39, 0.29) is 24.6 Å². The van der Waals surface area contributed by atoms with Gasteiger partial charge in [-0.2, -0.15) is 5.10 Å². The third kappa shape index (κ3) is 4.77. The molecule has 4 rings (SSSR count). The minimum Gasteiger partial charge on any atom is -0.396 e. The average Bonchev–Trinajstić information content (AvgIpc) is 3.24. The maximum Gasteiger partial charge on any atom is 0.243 e. The predicted octanol–water partition coefficient (Wildman–Crippen LogP) is 3.66. The molecule has 2 aromatic rings. The van der Waals surface area contributed by atoms with Gasteiger partial charge in [0.05, 0.1) is 23.1 Å². The average molecular weight is 440 g/mol. The highest BCUT2D eigenvalue weighted by molar-refractivity contribution is 5.88. The number of carbonyl (C=O) groups excluding carboxylic acids is 1. The Hall–Kier alpha value is -2.54. The lowest BCUT2D eigenvalue weighted by Gasteiger charge is -2.39. The minimum absolute atomic E-state index is 0.0948. The molecule has 174 valence electrons. The number of aliphatic hydroxyl groups is 1. The minimum atomic E-state index is -0.0948. The Morgan fingerprint density at radius 1 is 1.28 bits per heavy atom. The first-order valence-electron chi connectivity index (χ1n) is 12.2. The van der Waals surface area contributed by atoms with Gasteiger partial charge in [-0.25, -0.2) is 4.52 Å². The number of fused-ring (bicyclic) bond motifs is 1. The predicted molar refractivity (Wildman–Crippen MR) is 129 cm³/mol. The maximum absolute atomic E-state index is 11.8. The maximum atomic E-state index is 11.8. The Bertz CT molecular complexity index is 938. The highest BCUT2D eigenvalue weighted by Crippen LogP contribution is 2.38. The fourth-order valence-electron chi connectivity index (χ4n) is 5.46. The topological polar surface area (TPSA) is 81.9 Å². The van der Waals surface area contributed by atoms with Gasteiger partial charge in [0.15, 0.2) is 0 Å². The van der Waals surface area contributed by atoms with Gasteiger partial charge in [-0.1, -0.05) is 13.5 Å². The summed E-state index contributed by atoms with van der Waals surface area (Å²) in [5.41, 5.74) is 4.74. The molecule has 0 aromatic carbocycles. The van der Waals surface area contributed by atoms with E-state index in [0.29, 0.717) is 6.04 Å². The summed E-state index contributed by atoms with van der Waals surface area (Å²) < 4.78 is 1.98. The number of rotatable bonds is 8. The van der Waals surface area contributed by atoms with Crippen LogP contribution in [0.5, 0.6) is 0 Å². The van der Waals surface area contributed by atoms with E-state index in [1.54, 1.807) is 0 Å². The van der Waals surface area contributed by atoms with Gasteiger partial charge in [-0.05, 0) is 75.5 Å². The van der Waals surface area contributed by atoms with E-state index >= 15 is 0 Å². The number of aliphatic hydroxyl groups excluding tert-OH is 1. The zero-order valence-electron chi connectivity index (χ0n) is 19.2. The number of nitrogens with one attached hydrogen (secondary N) is 2. The Morgan fingerprint density at radius 3 is 2.91 bits per heavy atom. The first kappa shape index (κ1) is 22.6. The second-order valence-electron chi connectivity index (χ2n) is 9.17. The van der Waals surface area contributed by atoms with Crippen molar-refractivity contribution < 1.29 is 9.90 Å². The Morgan fingerprint density at radius 2 is 2.12 bits per heavy atom. The second-order valence-corrected chi connectivity index (χ2v) is 9.17. The summed E-state index contributed by atoms with van der Waals surface area (Å²) in [5.74, 6) is -0.0948. The van der Waals surface area contributed by atoms with Crippen LogP contribution in [0.2, 0.25) is 0 Å². The SMILES string of the molecule is C=CC(=O)NC1CCCC(Nc2c(N3CCCC[C@H]3CCO)ccn3ncc(CC)c23)C1. The first-order valence-corrected chi connectivity index (χ1v) is 12.2. The van der Waals surface area contributed by atoms with Crippen molar-refractivity contribution in [3.63, 3.8) is 0 Å². The summed E-state index contributed by atoms with van der Waals surface area (Å²) in [7, 11) is 0. The zero-order valence-corrected chi connectivity index (χ0v) is 19.2. The van der Waals surface area contributed by atoms with Crippen LogP contribution in [0.25, 0.3) is 5.52 Å². The molecule has 1 amide bonds. The summed E-state index contributed by atoms with van der Waals surface area (Å²) in [4.78, 5) is 14.3. The number of hydrogen-bond donors (Lipinski definition) is 3. The van der Waals surface area contributed by atoms with Crippen molar-refractivity contribution in [1.29, 1.82) is 0 Å². The molecule has 7 heteroatoms. The van der Waals surface area contributed by atoms with E-state index in [1.165, 1.54) is 30.2 Å². The van der Waals surface area contributed by atoms with Gasteiger partial charge in [0.1, 0.15) is 0 Å². The van der Waals surface area contributed by atoms with Crippen LogP contribution >= 0.6 is 0 Å². The number of anilines is 2. The summed E-state index contributed by atoms with van der Waals surface area (Å²) in [6.45, 7) is 6.98. The summed E-state index contributed by atoms with van der Waals surface area (Å²) in [5, 5.41) is 21.2. The molecule has 32 heavy (non-hydrogen) atoms. The Kier molecular flexibility index (Phi) is 7.35. The fourth-order valence-corrected chi connectivity index (χ4v) is 5.46. The third-order valence-electron chi connectivity index (χ3n) is 7.07. The van der Waals surface area contributed by atoms with Crippen molar-refractivity contribution in [2.75, 3.05) is 23.4 Å². The number of nitrogens with zero attached hydrogens (tertiary/aromatic N) is 3. The molecule has 2 aromatic heterocycles. The van der Waals surface area contributed by atoms with Gasteiger partial charge in [0, 0.05) is 37.5 Å². The quantitative estimate of drug-likeness (QED) is 0.547. The molecule has 2 aliphatic rings. The molecule has 7 nitrogen and oxygen atoms in total. The molecule has 1 aliphatic carbocycles. The van der Waals surface area contributed by atoms with Crippen LogP contribution in [0.15, 0.2) is 31.1 Å². The van der Waals surface area contributed by atoms with Gasteiger partial charge < -0.3 is 20.6 Å². The molecular formula is C25H37N5O2. The largest absolute Gasteiger partial charge is 0.396 e. The number of aryl methyl sites for hydroxylation is 1. The van der Waals surface area contributed by atoms with Crippen LogP contribution in [0.3, 0.4) is 0 Å². The zero-order chi connectivity index (χ0) is 22.5. The number of piperidine rings is 1.